The molecule has 0 aromatic carbocycles. The van der Waals surface area contributed by atoms with Crippen LogP contribution in [0.3, 0.4) is 0 Å². The fourth-order valence-electron chi connectivity index (χ4n) is 1.78. The van der Waals surface area contributed by atoms with Crippen molar-refractivity contribution in [1.29, 1.82) is 0 Å². The predicted molar refractivity (Wildman–Crippen MR) is 57.9 cm³/mol. The molecule has 0 saturated carbocycles. The maximum Gasteiger partial charge on any atom is 0.232 e. The molecule has 0 spiro atoms. The van der Waals surface area contributed by atoms with Crippen LogP contribution in [0.5, 0.6) is 5.88 Å². The minimum Gasteiger partial charge on any atom is -0.476 e. The molecule has 0 bridgehead atoms. The number of nitrogens with one attached hydrogen (secondary N) is 1. The Morgan fingerprint density at radius 2 is 2.47 bits per heavy atom. The molecule has 0 radical (unpaired) electrons. The van der Waals surface area contributed by atoms with Gasteiger partial charge in [0.1, 0.15) is 0 Å². The van der Waals surface area contributed by atoms with Crippen LogP contribution in [-0.4, -0.2) is 29.7 Å². The van der Waals surface area contributed by atoms with Crippen LogP contribution in [0.15, 0.2) is 12.4 Å². The monoisotopic (exact) mass is 207 g/mol. The van der Waals surface area contributed by atoms with Crippen molar-refractivity contribution in [2.45, 2.75) is 19.8 Å². The second-order valence-electron chi connectivity index (χ2n) is 4.02. The van der Waals surface area contributed by atoms with E-state index in [1.165, 1.54) is 12.8 Å². The number of aryl methyl sites for hydroxylation is 1. The number of aromatic nitrogens is 2. The Hall–Kier alpha value is -1.16. The quantitative estimate of drug-likeness (QED) is 0.808. The Kier molecular flexibility index (Phi) is 3.50. The predicted octanol–water partition coefficient (Wildman–Crippen LogP) is 1.16. The van der Waals surface area contributed by atoms with Crippen molar-refractivity contribution in [3.63, 3.8) is 0 Å². The highest BCUT2D eigenvalue weighted by Crippen LogP contribution is 2.12. The van der Waals surface area contributed by atoms with Crippen molar-refractivity contribution < 1.29 is 4.74 Å². The topological polar surface area (TPSA) is 47.0 Å². The van der Waals surface area contributed by atoms with E-state index in [4.69, 9.17) is 4.74 Å². The van der Waals surface area contributed by atoms with Crippen LogP contribution in [0.25, 0.3) is 0 Å². The number of piperidine rings is 1. The molecule has 2 heterocycles. The van der Waals surface area contributed by atoms with E-state index < -0.39 is 0 Å². The van der Waals surface area contributed by atoms with Crippen LogP contribution < -0.4 is 10.1 Å². The summed E-state index contributed by atoms with van der Waals surface area (Å²) in [7, 11) is 0. The third kappa shape index (κ3) is 3.16. The van der Waals surface area contributed by atoms with Crippen molar-refractivity contribution >= 4 is 0 Å². The number of rotatable bonds is 3. The molecule has 0 aliphatic carbocycles. The van der Waals surface area contributed by atoms with Gasteiger partial charge < -0.3 is 10.1 Å². The molecular formula is C11H17N3O. The average molecular weight is 207 g/mol. The molecule has 15 heavy (non-hydrogen) atoms. The molecule has 82 valence electrons. The summed E-state index contributed by atoms with van der Waals surface area (Å²) in [6.07, 6.45) is 5.89. The van der Waals surface area contributed by atoms with Gasteiger partial charge in [0.25, 0.3) is 0 Å². The fraction of sp³-hybridized carbons (Fsp3) is 0.636. The van der Waals surface area contributed by atoms with Gasteiger partial charge in [0.2, 0.25) is 5.88 Å². The van der Waals surface area contributed by atoms with Crippen molar-refractivity contribution in [3.8, 4) is 5.88 Å². The first-order chi connectivity index (χ1) is 7.34. The van der Waals surface area contributed by atoms with E-state index in [-0.39, 0.29) is 0 Å². The lowest BCUT2D eigenvalue weighted by Crippen LogP contribution is -2.33. The Morgan fingerprint density at radius 3 is 3.20 bits per heavy atom. The minimum absolute atomic E-state index is 0.612. The Bertz CT molecular complexity index is 310. The normalized spacial score (nSPS) is 21.3. The Morgan fingerprint density at radius 1 is 1.53 bits per heavy atom. The smallest absolute Gasteiger partial charge is 0.232 e. The zero-order chi connectivity index (χ0) is 10.5. The lowest BCUT2D eigenvalue weighted by atomic mass is 10.0. The van der Waals surface area contributed by atoms with Crippen LogP contribution in [0.4, 0.5) is 0 Å². The molecule has 1 fully saturated rings. The van der Waals surface area contributed by atoms with Crippen molar-refractivity contribution in [2.75, 3.05) is 19.7 Å². The summed E-state index contributed by atoms with van der Waals surface area (Å²) in [5.41, 5.74) is 0.897. The first-order valence-corrected chi connectivity index (χ1v) is 5.47. The Labute approximate surface area is 90.1 Å². The lowest BCUT2D eigenvalue weighted by Gasteiger charge is -2.22. The van der Waals surface area contributed by atoms with Crippen LogP contribution >= 0.6 is 0 Å². The summed E-state index contributed by atoms with van der Waals surface area (Å²) in [4.78, 5) is 8.30. The summed E-state index contributed by atoms with van der Waals surface area (Å²) in [6, 6.07) is 0. The molecular weight excluding hydrogens is 190 g/mol. The lowest BCUT2D eigenvalue weighted by molar-refractivity contribution is 0.211. The standard InChI is InChI=1S/C11H17N3O/c1-9-5-13-7-11(14-9)15-8-10-3-2-4-12-6-10/h5,7,10,12H,2-4,6,8H2,1H3. The molecule has 1 aliphatic heterocycles. The highest BCUT2D eigenvalue weighted by Gasteiger charge is 2.13. The molecule has 0 amide bonds. The highest BCUT2D eigenvalue weighted by atomic mass is 16.5. The van der Waals surface area contributed by atoms with Crippen LogP contribution in [-0.2, 0) is 0 Å². The van der Waals surface area contributed by atoms with E-state index in [2.05, 4.69) is 15.3 Å². The zero-order valence-electron chi connectivity index (χ0n) is 9.07. The van der Waals surface area contributed by atoms with E-state index in [0.29, 0.717) is 11.8 Å². The van der Waals surface area contributed by atoms with Gasteiger partial charge in [0, 0.05) is 18.7 Å². The summed E-state index contributed by atoms with van der Waals surface area (Å²) in [5.74, 6) is 1.25. The fourth-order valence-corrected chi connectivity index (χ4v) is 1.78. The minimum atomic E-state index is 0.612. The van der Waals surface area contributed by atoms with E-state index >= 15 is 0 Å². The molecule has 1 aromatic rings. The van der Waals surface area contributed by atoms with Crippen LogP contribution in [0.1, 0.15) is 18.5 Å². The molecule has 1 saturated heterocycles. The molecule has 1 atom stereocenters. The molecule has 2 rings (SSSR count). The molecule has 1 N–H and O–H groups in total. The summed E-state index contributed by atoms with van der Waals surface area (Å²) < 4.78 is 5.61. The number of hydrogen-bond donors (Lipinski definition) is 1. The van der Waals surface area contributed by atoms with Gasteiger partial charge in [-0.1, -0.05) is 0 Å². The van der Waals surface area contributed by atoms with Crippen molar-refractivity contribution in [1.82, 2.24) is 15.3 Å². The summed E-state index contributed by atoms with van der Waals surface area (Å²) in [6.45, 7) is 4.85. The van der Waals surface area contributed by atoms with Crippen molar-refractivity contribution in [3.05, 3.63) is 18.1 Å². The first kappa shape index (κ1) is 10.4. The zero-order valence-corrected chi connectivity index (χ0v) is 9.07. The third-order valence-electron chi connectivity index (χ3n) is 2.60. The van der Waals surface area contributed by atoms with E-state index in [1.807, 2.05) is 6.92 Å². The maximum atomic E-state index is 5.61. The number of nitrogens with zero attached hydrogens (tertiary/aromatic N) is 2. The summed E-state index contributed by atoms with van der Waals surface area (Å²) >= 11 is 0. The largest absolute Gasteiger partial charge is 0.476 e. The van der Waals surface area contributed by atoms with Crippen LogP contribution in [0.2, 0.25) is 0 Å². The average Bonchev–Trinajstić information content (AvgIpc) is 2.28. The van der Waals surface area contributed by atoms with E-state index in [0.717, 1.165) is 25.4 Å². The highest BCUT2D eigenvalue weighted by molar-refractivity contribution is 5.06. The summed E-state index contributed by atoms with van der Waals surface area (Å²) in [5, 5.41) is 3.37. The molecule has 1 aromatic heterocycles. The Balaban J connectivity index is 1.81. The first-order valence-electron chi connectivity index (χ1n) is 5.47. The van der Waals surface area contributed by atoms with Gasteiger partial charge in [-0.15, -0.1) is 0 Å². The SMILES string of the molecule is Cc1cncc(OCC2CCCNC2)n1. The van der Waals surface area contributed by atoms with E-state index in [9.17, 15) is 0 Å². The number of hydrogen-bond acceptors (Lipinski definition) is 4. The number of ether oxygens (including phenoxy) is 1. The second-order valence-corrected chi connectivity index (χ2v) is 4.02. The van der Waals surface area contributed by atoms with Gasteiger partial charge in [-0.25, -0.2) is 4.98 Å². The molecule has 4 heteroatoms. The van der Waals surface area contributed by atoms with Crippen LogP contribution in [0, 0.1) is 12.8 Å². The third-order valence-corrected chi connectivity index (χ3v) is 2.60. The van der Waals surface area contributed by atoms with Gasteiger partial charge in [-0.3, -0.25) is 4.98 Å². The van der Waals surface area contributed by atoms with Gasteiger partial charge in [0.15, 0.2) is 0 Å². The van der Waals surface area contributed by atoms with Gasteiger partial charge in [0.05, 0.1) is 18.5 Å². The molecule has 4 nitrogen and oxygen atoms in total. The van der Waals surface area contributed by atoms with E-state index in [1.54, 1.807) is 12.4 Å². The van der Waals surface area contributed by atoms with Gasteiger partial charge in [-0.2, -0.15) is 0 Å². The van der Waals surface area contributed by atoms with Gasteiger partial charge in [-0.05, 0) is 26.3 Å². The molecule has 1 unspecified atom stereocenters. The maximum absolute atomic E-state index is 5.61. The molecule has 1 aliphatic rings. The second kappa shape index (κ2) is 5.07. The van der Waals surface area contributed by atoms with Crippen molar-refractivity contribution in [2.24, 2.45) is 5.92 Å². The van der Waals surface area contributed by atoms with Gasteiger partial charge >= 0.3 is 0 Å².